The highest BCUT2D eigenvalue weighted by Gasteiger charge is 2.57. The van der Waals surface area contributed by atoms with Crippen LogP contribution in [0.25, 0.3) is 0 Å². The molecule has 1 aliphatic heterocycles. The number of hydrogen-bond acceptors (Lipinski definition) is 5. The third kappa shape index (κ3) is 3.00. The summed E-state index contributed by atoms with van der Waals surface area (Å²) in [7, 11) is 1.59. The SMILES string of the molecule is CNC(=O)C1(C(=O)N2CCCN(c3ccc(C)nn3)CC2)CC1. The Labute approximate surface area is 136 Å². The molecule has 2 amide bonds. The maximum Gasteiger partial charge on any atom is 0.238 e. The van der Waals surface area contributed by atoms with Gasteiger partial charge in [-0.15, -0.1) is 5.10 Å². The minimum Gasteiger partial charge on any atom is -0.358 e. The molecule has 7 heteroatoms. The van der Waals surface area contributed by atoms with Crippen LogP contribution in [-0.2, 0) is 9.59 Å². The smallest absolute Gasteiger partial charge is 0.238 e. The van der Waals surface area contributed by atoms with Gasteiger partial charge in [-0.3, -0.25) is 9.59 Å². The normalized spacial score (nSPS) is 19.9. The number of hydrogen-bond donors (Lipinski definition) is 1. The molecule has 0 radical (unpaired) electrons. The fraction of sp³-hybridized carbons (Fsp3) is 0.625. The zero-order valence-corrected chi connectivity index (χ0v) is 13.7. The molecule has 2 heterocycles. The van der Waals surface area contributed by atoms with Crippen LogP contribution < -0.4 is 10.2 Å². The van der Waals surface area contributed by atoms with E-state index in [2.05, 4.69) is 20.4 Å². The van der Waals surface area contributed by atoms with E-state index in [0.717, 1.165) is 24.5 Å². The van der Waals surface area contributed by atoms with Gasteiger partial charge in [0.1, 0.15) is 5.41 Å². The summed E-state index contributed by atoms with van der Waals surface area (Å²) >= 11 is 0. The molecule has 1 aliphatic carbocycles. The predicted molar refractivity (Wildman–Crippen MR) is 85.9 cm³/mol. The predicted octanol–water partition coefficient (Wildman–Crippen LogP) is 0.350. The summed E-state index contributed by atoms with van der Waals surface area (Å²) < 4.78 is 0. The Hall–Kier alpha value is -2.18. The third-order valence-corrected chi connectivity index (χ3v) is 4.71. The minimum atomic E-state index is -0.798. The first-order valence-corrected chi connectivity index (χ1v) is 8.14. The maximum absolute atomic E-state index is 12.7. The summed E-state index contributed by atoms with van der Waals surface area (Å²) in [6.45, 7) is 4.77. The Morgan fingerprint density at radius 1 is 1.13 bits per heavy atom. The molecule has 1 aromatic rings. The van der Waals surface area contributed by atoms with E-state index in [-0.39, 0.29) is 11.8 Å². The van der Waals surface area contributed by atoms with Crippen molar-refractivity contribution in [3.8, 4) is 0 Å². The van der Waals surface area contributed by atoms with E-state index in [9.17, 15) is 9.59 Å². The lowest BCUT2D eigenvalue weighted by molar-refractivity contribution is -0.143. The van der Waals surface area contributed by atoms with Gasteiger partial charge >= 0.3 is 0 Å². The number of aryl methyl sites for hydroxylation is 1. The van der Waals surface area contributed by atoms with E-state index in [1.807, 2.05) is 24.0 Å². The fourth-order valence-corrected chi connectivity index (χ4v) is 3.12. The fourth-order valence-electron chi connectivity index (χ4n) is 3.12. The number of rotatable bonds is 3. The highest BCUT2D eigenvalue weighted by Crippen LogP contribution is 2.47. The first-order chi connectivity index (χ1) is 11.1. The van der Waals surface area contributed by atoms with Crippen LogP contribution in [0.1, 0.15) is 25.0 Å². The van der Waals surface area contributed by atoms with Crippen LogP contribution >= 0.6 is 0 Å². The van der Waals surface area contributed by atoms with Gasteiger partial charge in [0.05, 0.1) is 5.69 Å². The largest absolute Gasteiger partial charge is 0.358 e. The molecule has 124 valence electrons. The lowest BCUT2D eigenvalue weighted by Crippen LogP contribution is -2.45. The topological polar surface area (TPSA) is 78.4 Å². The van der Waals surface area contributed by atoms with E-state index in [0.29, 0.717) is 32.5 Å². The zero-order valence-electron chi connectivity index (χ0n) is 13.7. The first kappa shape index (κ1) is 15.7. The molecule has 23 heavy (non-hydrogen) atoms. The molecule has 0 atom stereocenters. The second-order valence-corrected chi connectivity index (χ2v) is 6.33. The van der Waals surface area contributed by atoms with Gasteiger partial charge < -0.3 is 15.1 Å². The summed E-state index contributed by atoms with van der Waals surface area (Å²) in [4.78, 5) is 28.7. The molecule has 2 aliphatic rings. The van der Waals surface area contributed by atoms with Crippen molar-refractivity contribution in [2.75, 3.05) is 38.1 Å². The van der Waals surface area contributed by atoms with Crippen LogP contribution in [0.2, 0.25) is 0 Å². The quantitative estimate of drug-likeness (QED) is 0.814. The second kappa shape index (κ2) is 6.14. The average molecular weight is 317 g/mol. The minimum absolute atomic E-state index is 0.0197. The first-order valence-electron chi connectivity index (χ1n) is 8.14. The van der Waals surface area contributed by atoms with E-state index >= 15 is 0 Å². The molecular weight excluding hydrogens is 294 g/mol. The number of amides is 2. The highest BCUT2D eigenvalue weighted by molar-refractivity contribution is 6.07. The monoisotopic (exact) mass is 317 g/mol. The van der Waals surface area contributed by atoms with Crippen molar-refractivity contribution in [2.24, 2.45) is 5.41 Å². The Kier molecular flexibility index (Phi) is 4.19. The second-order valence-electron chi connectivity index (χ2n) is 6.33. The summed E-state index contributed by atoms with van der Waals surface area (Å²) in [6, 6.07) is 3.91. The van der Waals surface area contributed by atoms with E-state index in [4.69, 9.17) is 0 Å². The van der Waals surface area contributed by atoms with Crippen molar-refractivity contribution in [1.82, 2.24) is 20.4 Å². The standard InChI is InChI=1S/C16H23N5O2/c1-12-4-5-13(19-18-12)20-8-3-9-21(11-10-20)15(23)16(6-7-16)14(22)17-2/h4-5H,3,6-11H2,1-2H3,(H,17,22). The summed E-state index contributed by atoms with van der Waals surface area (Å²) in [5.41, 5.74) is 0.0924. The van der Waals surface area contributed by atoms with E-state index in [1.54, 1.807) is 7.05 Å². The van der Waals surface area contributed by atoms with Gasteiger partial charge in [-0.2, -0.15) is 5.10 Å². The summed E-state index contributed by atoms with van der Waals surface area (Å²) in [5, 5.41) is 11.0. The van der Waals surface area contributed by atoms with Crippen molar-refractivity contribution >= 4 is 17.6 Å². The Bertz CT molecular complexity index is 597. The molecule has 1 saturated carbocycles. The number of aromatic nitrogens is 2. The Balaban J connectivity index is 1.66. The molecule has 3 rings (SSSR count). The number of anilines is 1. The van der Waals surface area contributed by atoms with Crippen molar-refractivity contribution < 1.29 is 9.59 Å². The zero-order chi connectivity index (χ0) is 16.4. The van der Waals surface area contributed by atoms with Crippen LogP contribution in [0.4, 0.5) is 5.82 Å². The lowest BCUT2D eigenvalue weighted by atomic mass is 10.0. The van der Waals surface area contributed by atoms with Crippen LogP contribution in [0.5, 0.6) is 0 Å². The van der Waals surface area contributed by atoms with Gasteiger partial charge in [0, 0.05) is 33.2 Å². The summed E-state index contributed by atoms with van der Waals surface area (Å²) in [6.07, 6.45) is 2.19. The Morgan fingerprint density at radius 2 is 1.91 bits per heavy atom. The third-order valence-electron chi connectivity index (χ3n) is 4.71. The van der Waals surface area contributed by atoms with Crippen molar-refractivity contribution in [3.63, 3.8) is 0 Å². The molecule has 0 unspecified atom stereocenters. The maximum atomic E-state index is 12.7. The molecule has 7 nitrogen and oxygen atoms in total. The van der Waals surface area contributed by atoms with Crippen molar-refractivity contribution in [1.29, 1.82) is 0 Å². The number of nitrogens with one attached hydrogen (secondary N) is 1. The van der Waals surface area contributed by atoms with Gasteiger partial charge in [0.2, 0.25) is 11.8 Å². The molecule has 2 fully saturated rings. The van der Waals surface area contributed by atoms with Gasteiger partial charge in [-0.25, -0.2) is 0 Å². The molecule has 0 aromatic carbocycles. The van der Waals surface area contributed by atoms with Crippen LogP contribution in [0.3, 0.4) is 0 Å². The molecule has 1 N–H and O–H groups in total. The van der Waals surface area contributed by atoms with Crippen LogP contribution in [-0.4, -0.2) is 60.1 Å². The van der Waals surface area contributed by atoms with Gasteiger partial charge in [0.25, 0.3) is 0 Å². The van der Waals surface area contributed by atoms with Gasteiger partial charge in [0.15, 0.2) is 5.82 Å². The molecule has 1 aromatic heterocycles. The van der Waals surface area contributed by atoms with E-state index < -0.39 is 5.41 Å². The number of carbonyl (C=O) groups is 2. The molecule has 0 bridgehead atoms. The van der Waals surface area contributed by atoms with Crippen molar-refractivity contribution in [2.45, 2.75) is 26.2 Å². The number of carbonyl (C=O) groups excluding carboxylic acids is 2. The average Bonchev–Trinajstić information content (AvgIpc) is 3.38. The van der Waals surface area contributed by atoms with E-state index in [1.165, 1.54) is 0 Å². The van der Waals surface area contributed by atoms with Gasteiger partial charge in [-0.05, 0) is 38.3 Å². The van der Waals surface area contributed by atoms with Gasteiger partial charge in [-0.1, -0.05) is 0 Å². The van der Waals surface area contributed by atoms with Crippen LogP contribution in [0.15, 0.2) is 12.1 Å². The Morgan fingerprint density at radius 3 is 2.52 bits per heavy atom. The molecule has 0 spiro atoms. The van der Waals surface area contributed by atoms with Crippen molar-refractivity contribution in [3.05, 3.63) is 17.8 Å². The number of nitrogens with zero attached hydrogens (tertiary/aromatic N) is 4. The highest BCUT2D eigenvalue weighted by atomic mass is 16.2. The summed E-state index contributed by atoms with van der Waals surface area (Å²) in [5.74, 6) is 0.680. The van der Waals surface area contributed by atoms with Crippen LogP contribution in [0, 0.1) is 12.3 Å². The molecular formula is C16H23N5O2. The molecule has 1 saturated heterocycles. The lowest BCUT2D eigenvalue weighted by Gasteiger charge is -2.25.